The van der Waals surface area contributed by atoms with Crippen LogP contribution in [-0.2, 0) is 5.41 Å². The fraction of sp³-hybridized carbons (Fsp3) is 0.163. The van der Waals surface area contributed by atoms with Gasteiger partial charge in [0, 0.05) is 34.1 Å². The minimum Gasteiger partial charge on any atom is -0.378 e. The van der Waals surface area contributed by atoms with E-state index in [-0.39, 0.29) is 23.4 Å². The standard InChI is InChI=1S/C43H37N3/c1-43(2)35-27-33(45-39-15-7-3-11-29(39)19-20-30-12-4-8-16-40(30)45)23-25-37(35)44-38-26-24-34(28-36(38)43)46-41-17-9-5-13-31(41)21-22-32-14-6-10-18-42(32)46/h3-17,19-28,36,38,42,44H,18H2,1-2H3. The zero-order valence-electron chi connectivity index (χ0n) is 26.3. The van der Waals surface area contributed by atoms with Crippen molar-refractivity contribution < 1.29 is 0 Å². The van der Waals surface area contributed by atoms with Crippen LogP contribution in [0.4, 0.5) is 28.4 Å². The van der Waals surface area contributed by atoms with Gasteiger partial charge in [-0.1, -0.05) is 123 Å². The summed E-state index contributed by atoms with van der Waals surface area (Å²) in [7, 11) is 0. The van der Waals surface area contributed by atoms with Crippen LogP contribution in [-0.4, -0.2) is 12.1 Å². The van der Waals surface area contributed by atoms with Gasteiger partial charge in [-0.3, -0.25) is 0 Å². The van der Waals surface area contributed by atoms with Crippen molar-refractivity contribution in [3.05, 3.63) is 167 Å². The summed E-state index contributed by atoms with van der Waals surface area (Å²) in [5.41, 5.74) is 13.6. The van der Waals surface area contributed by atoms with E-state index in [2.05, 4.69) is 181 Å². The topological polar surface area (TPSA) is 18.5 Å². The van der Waals surface area contributed by atoms with Crippen molar-refractivity contribution in [2.24, 2.45) is 5.92 Å². The first kappa shape index (κ1) is 27.1. The maximum absolute atomic E-state index is 3.93. The van der Waals surface area contributed by atoms with E-state index >= 15 is 0 Å². The molecule has 0 spiro atoms. The highest BCUT2D eigenvalue weighted by atomic mass is 15.2. The third-order valence-corrected chi connectivity index (χ3v) is 10.5. The van der Waals surface area contributed by atoms with Gasteiger partial charge in [-0.05, 0) is 76.7 Å². The van der Waals surface area contributed by atoms with Gasteiger partial charge in [0.15, 0.2) is 0 Å². The van der Waals surface area contributed by atoms with E-state index in [0.717, 1.165) is 6.42 Å². The van der Waals surface area contributed by atoms with Crippen LogP contribution in [0.25, 0.3) is 18.2 Å². The number of rotatable bonds is 2. The molecule has 3 aliphatic heterocycles. The Bertz CT molecular complexity index is 2020. The smallest absolute Gasteiger partial charge is 0.0626 e. The number of hydrogen-bond donors (Lipinski definition) is 1. The SMILES string of the molecule is CC1(C)c2cc(N3c4ccccc4C=Cc4ccccc43)ccc2NC2C=CC(N3c4ccccc4C=CC4=CC=CCC43)=CC21. The summed E-state index contributed by atoms with van der Waals surface area (Å²) in [5.74, 6) is 0.274. The molecule has 3 unspecified atom stereocenters. The Morgan fingerprint density at radius 3 is 2.11 bits per heavy atom. The zero-order valence-corrected chi connectivity index (χ0v) is 26.3. The van der Waals surface area contributed by atoms with E-state index in [1.54, 1.807) is 0 Å². The molecule has 9 rings (SSSR count). The summed E-state index contributed by atoms with van der Waals surface area (Å²) in [4.78, 5) is 5.01. The van der Waals surface area contributed by atoms with Gasteiger partial charge in [0.2, 0.25) is 0 Å². The highest BCUT2D eigenvalue weighted by Crippen LogP contribution is 2.50. The molecule has 0 fully saturated rings. The van der Waals surface area contributed by atoms with Crippen molar-refractivity contribution in [2.45, 2.75) is 37.8 Å². The van der Waals surface area contributed by atoms with Crippen molar-refractivity contribution in [3.8, 4) is 0 Å². The summed E-state index contributed by atoms with van der Waals surface area (Å²) in [6.07, 6.45) is 24.1. The Hall–Kier alpha value is -5.28. The Labute approximate surface area is 271 Å². The van der Waals surface area contributed by atoms with Crippen LogP contribution in [0.5, 0.6) is 0 Å². The average molecular weight is 596 g/mol. The van der Waals surface area contributed by atoms with Crippen LogP contribution in [0, 0.1) is 5.92 Å². The molecule has 0 radical (unpaired) electrons. The summed E-state index contributed by atoms with van der Waals surface area (Å²) in [5, 5.41) is 3.93. The lowest BCUT2D eigenvalue weighted by Crippen LogP contribution is -2.47. The highest BCUT2D eigenvalue weighted by Gasteiger charge is 2.43. The normalized spacial score (nSPS) is 22.9. The Balaban J connectivity index is 1.14. The minimum atomic E-state index is -0.116. The molecule has 3 nitrogen and oxygen atoms in total. The lowest BCUT2D eigenvalue weighted by molar-refractivity contribution is 0.347. The summed E-state index contributed by atoms with van der Waals surface area (Å²) < 4.78 is 0. The number of benzene rings is 4. The maximum atomic E-state index is 3.93. The van der Waals surface area contributed by atoms with Gasteiger partial charge in [0.25, 0.3) is 0 Å². The number of hydrogen-bond acceptors (Lipinski definition) is 3. The Morgan fingerprint density at radius 2 is 1.37 bits per heavy atom. The van der Waals surface area contributed by atoms with Crippen LogP contribution in [0.1, 0.15) is 42.5 Å². The zero-order chi connectivity index (χ0) is 30.8. The second-order valence-electron chi connectivity index (χ2n) is 13.5. The van der Waals surface area contributed by atoms with E-state index in [0.29, 0.717) is 0 Å². The molecule has 2 aliphatic carbocycles. The van der Waals surface area contributed by atoms with E-state index in [9.17, 15) is 0 Å². The summed E-state index contributed by atoms with van der Waals surface area (Å²) in [6.45, 7) is 4.86. The average Bonchev–Trinajstić information content (AvgIpc) is 3.37. The molecule has 3 atom stereocenters. The number of allylic oxidation sites excluding steroid dienone is 3. The number of para-hydroxylation sites is 3. The van der Waals surface area contributed by atoms with Crippen LogP contribution in [0.3, 0.4) is 0 Å². The molecule has 0 bridgehead atoms. The van der Waals surface area contributed by atoms with Crippen LogP contribution in [0.2, 0.25) is 0 Å². The number of nitrogens with one attached hydrogen (secondary N) is 1. The van der Waals surface area contributed by atoms with Crippen LogP contribution >= 0.6 is 0 Å². The molecule has 0 saturated carbocycles. The molecule has 4 aromatic carbocycles. The first-order valence-electron chi connectivity index (χ1n) is 16.5. The lowest BCUT2D eigenvalue weighted by Gasteiger charge is -2.47. The molecule has 0 aromatic heterocycles. The van der Waals surface area contributed by atoms with Gasteiger partial charge < -0.3 is 15.1 Å². The van der Waals surface area contributed by atoms with Crippen molar-refractivity contribution in [2.75, 3.05) is 15.1 Å². The first-order valence-corrected chi connectivity index (χ1v) is 16.5. The second-order valence-corrected chi connectivity index (χ2v) is 13.5. The molecular formula is C43H37N3. The second kappa shape index (κ2) is 10.4. The minimum absolute atomic E-state index is 0.116. The van der Waals surface area contributed by atoms with Gasteiger partial charge in [-0.2, -0.15) is 0 Å². The number of fused-ring (bicyclic) bond motifs is 6. The van der Waals surface area contributed by atoms with E-state index in [1.807, 2.05) is 0 Å². The van der Waals surface area contributed by atoms with Gasteiger partial charge >= 0.3 is 0 Å². The number of nitrogens with zero attached hydrogens (tertiary/aromatic N) is 2. The van der Waals surface area contributed by atoms with Gasteiger partial charge in [0.05, 0.1) is 23.5 Å². The molecular weight excluding hydrogens is 558 g/mol. The third-order valence-electron chi connectivity index (χ3n) is 10.5. The van der Waals surface area contributed by atoms with Gasteiger partial charge in [-0.15, -0.1) is 0 Å². The molecule has 3 heterocycles. The largest absolute Gasteiger partial charge is 0.378 e. The lowest BCUT2D eigenvalue weighted by atomic mass is 9.65. The fourth-order valence-corrected chi connectivity index (χ4v) is 8.14. The van der Waals surface area contributed by atoms with Crippen molar-refractivity contribution >= 4 is 46.7 Å². The third kappa shape index (κ3) is 4.19. The molecule has 3 heteroatoms. The molecule has 46 heavy (non-hydrogen) atoms. The summed E-state index contributed by atoms with van der Waals surface area (Å²) in [6, 6.07) is 33.7. The van der Waals surface area contributed by atoms with Crippen molar-refractivity contribution in [1.29, 1.82) is 0 Å². The quantitative estimate of drug-likeness (QED) is 0.219. The highest BCUT2D eigenvalue weighted by molar-refractivity contribution is 5.93. The molecule has 224 valence electrons. The molecule has 1 N–H and O–H groups in total. The van der Waals surface area contributed by atoms with Crippen LogP contribution in [0.15, 0.2) is 145 Å². The van der Waals surface area contributed by atoms with Gasteiger partial charge in [0.1, 0.15) is 0 Å². The molecule has 0 amide bonds. The van der Waals surface area contributed by atoms with Crippen LogP contribution < -0.4 is 15.1 Å². The monoisotopic (exact) mass is 595 g/mol. The van der Waals surface area contributed by atoms with Crippen molar-refractivity contribution in [3.63, 3.8) is 0 Å². The maximum Gasteiger partial charge on any atom is 0.0626 e. The fourth-order valence-electron chi connectivity index (χ4n) is 8.14. The summed E-state index contributed by atoms with van der Waals surface area (Å²) >= 11 is 0. The predicted octanol–water partition coefficient (Wildman–Crippen LogP) is 10.6. The van der Waals surface area contributed by atoms with Gasteiger partial charge in [-0.25, -0.2) is 0 Å². The molecule has 4 aromatic rings. The molecule has 5 aliphatic rings. The molecule has 0 saturated heterocycles. The van der Waals surface area contributed by atoms with E-state index in [1.165, 1.54) is 62.0 Å². The predicted molar refractivity (Wildman–Crippen MR) is 195 cm³/mol. The Kier molecular flexibility index (Phi) is 6.11. The first-order chi connectivity index (χ1) is 22.6. The van der Waals surface area contributed by atoms with E-state index in [4.69, 9.17) is 0 Å². The van der Waals surface area contributed by atoms with Crippen molar-refractivity contribution in [1.82, 2.24) is 0 Å². The Morgan fingerprint density at radius 1 is 0.717 bits per heavy atom. The van der Waals surface area contributed by atoms with E-state index < -0.39 is 0 Å². The number of anilines is 5.